The van der Waals surface area contributed by atoms with Crippen molar-refractivity contribution >= 4 is 0 Å². The van der Waals surface area contributed by atoms with Crippen molar-refractivity contribution in [3.8, 4) is 0 Å². The molecule has 0 aromatic rings. The molecule has 1 rings (SSSR count). The summed E-state index contributed by atoms with van der Waals surface area (Å²) in [5, 5.41) is 0. The number of likely N-dealkylation sites (tertiary alicyclic amines) is 1. The van der Waals surface area contributed by atoms with Crippen LogP contribution in [0.4, 0.5) is 4.39 Å². The van der Waals surface area contributed by atoms with Crippen LogP contribution in [0.2, 0.25) is 0 Å². The molecule has 17 heavy (non-hydrogen) atoms. The van der Waals surface area contributed by atoms with Gasteiger partial charge in [0.1, 0.15) is 12.3 Å². The number of halogens is 1. The number of rotatable bonds is 4. The molecule has 0 aromatic heterocycles. The largest absolute Gasteiger partial charge is 0.372 e. The average Bonchev–Trinajstić information content (AvgIpc) is 2.43. The SMILES string of the molecule is C[C@@H]1[C@H](OCCN(C)C)[C@@H](F)CN1C(C)(C)C. The Morgan fingerprint density at radius 2 is 1.94 bits per heavy atom. The number of alkyl halides is 1. The molecule has 4 heteroatoms. The summed E-state index contributed by atoms with van der Waals surface area (Å²) in [6.45, 7) is 10.4. The predicted molar refractivity (Wildman–Crippen MR) is 69.1 cm³/mol. The van der Waals surface area contributed by atoms with Gasteiger partial charge in [0.2, 0.25) is 0 Å². The Hall–Kier alpha value is -0.190. The fourth-order valence-corrected chi connectivity index (χ4v) is 2.44. The van der Waals surface area contributed by atoms with Crippen molar-refractivity contribution < 1.29 is 9.13 Å². The maximum atomic E-state index is 14.0. The summed E-state index contributed by atoms with van der Waals surface area (Å²) in [5.41, 5.74) is 0.00339. The van der Waals surface area contributed by atoms with Crippen LogP contribution in [0, 0.1) is 0 Å². The molecule has 0 amide bonds. The van der Waals surface area contributed by atoms with E-state index in [1.807, 2.05) is 19.0 Å². The average molecular weight is 246 g/mol. The standard InChI is InChI=1S/C13H27FN2O/c1-10-12(17-8-7-15(5)6)11(14)9-16(10)13(2,3)4/h10-12H,7-9H2,1-6H3/t10-,11+,12+/m1/s1. The first-order valence-electron chi connectivity index (χ1n) is 6.40. The molecule has 0 unspecified atom stereocenters. The van der Waals surface area contributed by atoms with Crippen LogP contribution in [0.5, 0.6) is 0 Å². The molecule has 0 N–H and O–H groups in total. The molecule has 0 aliphatic carbocycles. The zero-order valence-electron chi connectivity index (χ0n) is 12.0. The van der Waals surface area contributed by atoms with Crippen LogP contribution in [0.3, 0.4) is 0 Å². The highest BCUT2D eigenvalue weighted by atomic mass is 19.1. The van der Waals surface area contributed by atoms with Gasteiger partial charge >= 0.3 is 0 Å². The van der Waals surface area contributed by atoms with Crippen molar-refractivity contribution in [3.63, 3.8) is 0 Å². The molecule has 0 aromatic carbocycles. The van der Waals surface area contributed by atoms with Crippen LogP contribution < -0.4 is 0 Å². The van der Waals surface area contributed by atoms with E-state index in [-0.39, 0.29) is 17.7 Å². The van der Waals surface area contributed by atoms with Gasteiger partial charge in [0.15, 0.2) is 0 Å². The second kappa shape index (κ2) is 5.63. The van der Waals surface area contributed by atoms with Gasteiger partial charge in [0.25, 0.3) is 0 Å². The number of ether oxygens (including phenoxy) is 1. The van der Waals surface area contributed by atoms with E-state index in [0.29, 0.717) is 13.2 Å². The van der Waals surface area contributed by atoms with E-state index < -0.39 is 6.17 Å². The number of hydrogen-bond donors (Lipinski definition) is 0. The van der Waals surface area contributed by atoms with Crippen molar-refractivity contribution in [2.45, 2.75) is 51.6 Å². The zero-order valence-corrected chi connectivity index (χ0v) is 12.0. The van der Waals surface area contributed by atoms with Gasteiger partial charge < -0.3 is 9.64 Å². The number of likely N-dealkylation sites (N-methyl/N-ethyl adjacent to an activating group) is 1. The highest BCUT2D eigenvalue weighted by molar-refractivity contribution is 4.97. The Morgan fingerprint density at radius 1 is 1.35 bits per heavy atom. The van der Waals surface area contributed by atoms with Gasteiger partial charge in [-0.3, -0.25) is 4.90 Å². The summed E-state index contributed by atoms with van der Waals surface area (Å²) in [7, 11) is 3.99. The molecule has 1 aliphatic rings. The topological polar surface area (TPSA) is 15.7 Å². The predicted octanol–water partition coefficient (Wildman–Crippen LogP) is 1.77. The summed E-state index contributed by atoms with van der Waals surface area (Å²) < 4.78 is 19.7. The van der Waals surface area contributed by atoms with Crippen LogP contribution >= 0.6 is 0 Å². The first-order valence-corrected chi connectivity index (χ1v) is 6.40. The first kappa shape index (κ1) is 14.9. The van der Waals surface area contributed by atoms with Crippen LogP contribution in [0.15, 0.2) is 0 Å². The maximum Gasteiger partial charge on any atom is 0.140 e. The molecular formula is C13H27FN2O. The van der Waals surface area contributed by atoms with Gasteiger partial charge in [-0.25, -0.2) is 4.39 Å². The molecule has 0 spiro atoms. The first-order chi connectivity index (χ1) is 7.73. The van der Waals surface area contributed by atoms with Gasteiger partial charge in [-0.2, -0.15) is 0 Å². The lowest BCUT2D eigenvalue weighted by Gasteiger charge is -2.36. The van der Waals surface area contributed by atoms with E-state index in [2.05, 4.69) is 32.6 Å². The second-order valence-corrected chi connectivity index (χ2v) is 6.22. The molecule has 1 fully saturated rings. The van der Waals surface area contributed by atoms with Crippen LogP contribution in [0.25, 0.3) is 0 Å². The van der Waals surface area contributed by atoms with Gasteiger partial charge in [-0.15, -0.1) is 0 Å². The summed E-state index contributed by atoms with van der Waals surface area (Å²) in [4.78, 5) is 4.24. The third kappa shape index (κ3) is 3.90. The van der Waals surface area contributed by atoms with E-state index in [1.54, 1.807) is 0 Å². The highest BCUT2D eigenvalue weighted by Gasteiger charge is 2.44. The Balaban J connectivity index is 2.51. The molecule has 0 radical (unpaired) electrons. The third-order valence-corrected chi connectivity index (χ3v) is 3.41. The van der Waals surface area contributed by atoms with E-state index in [4.69, 9.17) is 4.74 Å². The minimum absolute atomic E-state index is 0.00339. The Bertz CT molecular complexity index is 240. The van der Waals surface area contributed by atoms with E-state index in [1.165, 1.54) is 0 Å². The van der Waals surface area contributed by atoms with Gasteiger partial charge in [0.05, 0.1) is 6.61 Å². The van der Waals surface area contributed by atoms with Crippen LogP contribution in [-0.4, -0.2) is 67.4 Å². The Labute approximate surface area is 105 Å². The lowest BCUT2D eigenvalue weighted by Crippen LogP contribution is -2.46. The summed E-state index contributed by atoms with van der Waals surface area (Å²) in [6.07, 6.45) is -1.15. The van der Waals surface area contributed by atoms with Gasteiger partial charge in [0, 0.05) is 24.7 Å². The van der Waals surface area contributed by atoms with E-state index in [0.717, 1.165) is 6.54 Å². The highest BCUT2D eigenvalue weighted by Crippen LogP contribution is 2.30. The van der Waals surface area contributed by atoms with Crippen molar-refractivity contribution in [1.29, 1.82) is 0 Å². The van der Waals surface area contributed by atoms with Crippen molar-refractivity contribution in [3.05, 3.63) is 0 Å². The summed E-state index contributed by atoms with van der Waals surface area (Å²) >= 11 is 0. The fourth-order valence-electron chi connectivity index (χ4n) is 2.44. The third-order valence-electron chi connectivity index (χ3n) is 3.41. The summed E-state index contributed by atoms with van der Waals surface area (Å²) in [6, 6.07) is 0.146. The monoisotopic (exact) mass is 246 g/mol. The fraction of sp³-hybridized carbons (Fsp3) is 1.00. The van der Waals surface area contributed by atoms with Gasteiger partial charge in [-0.05, 0) is 41.8 Å². The molecule has 1 aliphatic heterocycles. The smallest absolute Gasteiger partial charge is 0.140 e. The molecule has 0 bridgehead atoms. The Morgan fingerprint density at radius 3 is 2.35 bits per heavy atom. The molecule has 0 saturated carbocycles. The minimum atomic E-state index is -0.869. The maximum absolute atomic E-state index is 14.0. The lowest BCUT2D eigenvalue weighted by molar-refractivity contribution is -0.0107. The molecule has 1 saturated heterocycles. The van der Waals surface area contributed by atoms with Crippen LogP contribution in [0.1, 0.15) is 27.7 Å². The quantitative estimate of drug-likeness (QED) is 0.752. The van der Waals surface area contributed by atoms with Crippen molar-refractivity contribution in [2.24, 2.45) is 0 Å². The van der Waals surface area contributed by atoms with Crippen molar-refractivity contribution in [1.82, 2.24) is 9.80 Å². The normalized spacial score (nSPS) is 31.4. The minimum Gasteiger partial charge on any atom is -0.372 e. The number of hydrogen-bond acceptors (Lipinski definition) is 3. The van der Waals surface area contributed by atoms with Crippen LogP contribution in [-0.2, 0) is 4.74 Å². The van der Waals surface area contributed by atoms with E-state index in [9.17, 15) is 4.39 Å². The molecular weight excluding hydrogens is 219 g/mol. The number of nitrogens with zero attached hydrogens (tertiary/aromatic N) is 2. The van der Waals surface area contributed by atoms with Crippen molar-refractivity contribution in [2.75, 3.05) is 33.8 Å². The van der Waals surface area contributed by atoms with E-state index >= 15 is 0 Å². The zero-order chi connectivity index (χ0) is 13.2. The second-order valence-electron chi connectivity index (χ2n) is 6.22. The summed E-state index contributed by atoms with van der Waals surface area (Å²) in [5.74, 6) is 0. The van der Waals surface area contributed by atoms with Gasteiger partial charge in [-0.1, -0.05) is 0 Å². The lowest BCUT2D eigenvalue weighted by atomic mass is 10.0. The molecule has 102 valence electrons. The Kier molecular flexibility index (Phi) is 4.93. The molecule has 1 heterocycles. The molecule has 3 atom stereocenters. The molecule has 3 nitrogen and oxygen atoms in total.